The van der Waals surface area contributed by atoms with Gasteiger partial charge in [0, 0.05) is 25.1 Å². The summed E-state index contributed by atoms with van der Waals surface area (Å²) < 4.78 is 5.69. The van der Waals surface area contributed by atoms with Gasteiger partial charge in [0.1, 0.15) is 11.8 Å². The average molecular weight is 346 g/mol. The third kappa shape index (κ3) is 4.10. The fourth-order valence-corrected chi connectivity index (χ4v) is 3.33. The van der Waals surface area contributed by atoms with E-state index in [1.165, 1.54) is 4.90 Å². The van der Waals surface area contributed by atoms with Gasteiger partial charge in [-0.05, 0) is 49.4 Å². The Morgan fingerprint density at radius 3 is 2.96 bits per heavy atom. The number of carboxylic acids is 1. The summed E-state index contributed by atoms with van der Waals surface area (Å²) in [4.78, 5) is 36.1. The van der Waals surface area contributed by atoms with Crippen LogP contribution in [0.2, 0.25) is 0 Å². The van der Waals surface area contributed by atoms with Crippen LogP contribution in [0, 0.1) is 0 Å². The Morgan fingerprint density at radius 1 is 1.32 bits per heavy atom. The standard InChI is InChI=1S/C18H22N2O5/c21-16-8-5-12-11-13(6-7-14(12)19-16)25-10-2-4-17(22)20-9-1-3-15(20)18(23)24/h6-7,11,15H,1-5,8-10H2,(H,19,21)(H,23,24). The van der Waals surface area contributed by atoms with Gasteiger partial charge in [-0.25, -0.2) is 4.79 Å². The van der Waals surface area contributed by atoms with Gasteiger partial charge in [0.25, 0.3) is 0 Å². The average Bonchev–Trinajstić information content (AvgIpc) is 3.08. The fraction of sp³-hybridized carbons (Fsp3) is 0.500. The van der Waals surface area contributed by atoms with Crippen LogP contribution in [-0.2, 0) is 20.8 Å². The number of hydrogen-bond acceptors (Lipinski definition) is 4. The molecule has 2 amide bonds. The van der Waals surface area contributed by atoms with Crippen LogP contribution < -0.4 is 10.1 Å². The van der Waals surface area contributed by atoms with Crippen molar-refractivity contribution in [2.45, 2.75) is 44.6 Å². The summed E-state index contributed by atoms with van der Waals surface area (Å²) in [6, 6.07) is 4.86. The predicted octanol–water partition coefficient (Wildman–Crippen LogP) is 1.81. The van der Waals surface area contributed by atoms with Crippen LogP contribution in [0.1, 0.15) is 37.7 Å². The lowest BCUT2D eigenvalue weighted by atomic mass is 10.0. The number of ether oxygens (including phenoxy) is 1. The van der Waals surface area contributed by atoms with E-state index >= 15 is 0 Å². The highest BCUT2D eigenvalue weighted by molar-refractivity contribution is 5.94. The maximum Gasteiger partial charge on any atom is 0.326 e. The van der Waals surface area contributed by atoms with Crippen molar-refractivity contribution in [3.8, 4) is 5.75 Å². The third-order valence-electron chi connectivity index (χ3n) is 4.63. The normalized spacial score (nSPS) is 19.3. The minimum absolute atomic E-state index is 0.0289. The molecule has 0 bridgehead atoms. The Labute approximate surface area is 146 Å². The molecule has 2 heterocycles. The minimum Gasteiger partial charge on any atom is -0.494 e. The predicted molar refractivity (Wildman–Crippen MR) is 90.5 cm³/mol. The second kappa shape index (κ2) is 7.55. The van der Waals surface area contributed by atoms with Gasteiger partial charge in [-0.3, -0.25) is 9.59 Å². The second-order valence-electron chi connectivity index (χ2n) is 6.40. The third-order valence-corrected chi connectivity index (χ3v) is 4.63. The van der Waals surface area contributed by atoms with Gasteiger partial charge in [-0.15, -0.1) is 0 Å². The minimum atomic E-state index is -0.928. The maximum atomic E-state index is 12.2. The van der Waals surface area contributed by atoms with Crippen molar-refractivity contribution >= 4 is 23.5 Å². The monoisotopic (exact) mass is 346 g/mol. The number of hydrogen-bond donors (Lipinski definition) is 2. The number of carbonyl (C=O) groups is 3. The Bertz CT molecular complexity index is 688. The van der Waals surface area contributed by atoms with Crippen molar-refractivity contribution in [1.82, 2.24) is 4.90 Å². The summed E-state index contributed by atoms with van der Waals surface area (Å²) in [5, 5.41) is 11.9. The number of benzene rings is 1. The van der Waals surface area contributed by atoms with E-state index in [0.717, 1.165) is 17.7 Å². The summed E-state index contributed by atoms with van der Waals surface area (Å²) in [7, 11) is 0. The molecule has 2 aliphatic heterocycles. The van der Waals surface area contributed by atoms with Gasteiger partial charge in [-0.1, -0.05) is 0 Å². The van der Waals surface area contributed by atoms with Gasteiger partial charge in [0.15, 0.2) is 0 Å². The molecule has 0 radical (unpaired) electrons. The van der Waals surface area contributed by atoms with E-state index in [1.807, 2.05) is 12.1 Å². The molecule has 3 rings (SSSR count). The van der Waals surface area contributed by atoms with E-state index < -0.39 is 12.0 Å². The molecule has 1 unspecified atom stereocenters. The summed E-state index contributed by atoms with van der Waals surface area (Å²) in [5.41, 5.74) is 1.88. The highest BCUT2D eigenvalue weighted by Crippen LogP contribution is 2.27. The quantitative estimate of drug-likeness (QED) is 0.766. The molecule has 0 saturated carbocycles. The maximum absolute atomic E-state index is 12.2. The van der Waals surface area contributed by atoms with Crippen LogP contribution >= 0.6 is 0 Å². The second-order valence-corrected chi connectivity index (χ2v) is 6.40. The molecule has 134 valence electrons. The molecule has 1 atom stereocenters. The Kier molecular flexibility index (Phi) is 5.21. The largest absolute Gasteiger partial charge is 0.494 e. The van der Waals surface area contributed by atoms with Crippen molar-refractivity contribution in [3.63, 3.8) is 0 Å². The number of fused-ring (bicyclic) bond motifs is 1. The van der Waals surface area contributed by atoms with E-state index in [2.05, 4.69) is 5.32 Å². The Balaban J connectivity index is 1.45. The zero-order chi connectivity index (χ0) is 17.8. The highest BCUT2D eigenvalue weighted by atomic mass is 16.5. The highest BCUT2D eigenvalue weighted by Gasteiger charge is 2.33. The lowest BCUT2D eigenvalue weighted by Crippen LogP contribution is -2.40. The molecule has 1 fully saturated rings. The number of carboxylic acid groups (broad SMARTS) is 1. The molecule has 2 aliphatic rings. The van der Waals surface area contributed by atoms with Crippen LogP contribution in [-0.4, -0.2) is 47.0 Å². The van der Waals surface area contributed by atoms with Gasteiger partial charge >= 0.3 is 5.97 Å². The topological polar surface area (TPSA) is 95.9 Å². The van der Waals surface area contributed by atoms with E-state index in [9.17, 15) is 14.4 Å². The van der Waals surface area contributed by atoms with Gasteiger partial charge < -0.3 is 20.1 Å². The van der Waals surface area contributed by atoms with Gasteiger partial charge in [-0.2, -0.15) is 0 Å². The SMILES string of the molecule is O=C1CCc2cc(OCCCC(=O)N3CCCC3C(=O)O)ccc2N1. The number of rotatable bonds is 6. The van der Waals surface area contributed by atoms with Gasteiger partial charge in [0.05, 0.1) is 6.61 Å². The molecule has 1 aromatic carbocycles. The molecular weight excluding hydrogens is 324 g/mol. The smallest absolute Gasteiger partial charge is 0.326 e. The number of anilines is 1. The van der Waals surface area contributed by atoms with Gasteiger partial charge in [0.2, 0.25) is 11.8 Å². The molecule has 7 heteroatoms. The van der Waals surface area contributed by atoms with Crippen LogP contribution in [0.25, 0.3) is 0 Å². The molecule has 0 aliphatic carbocycles. The molecule has 0 spiro atoms. The fourth-order valence-electron chi connectivity index (χ4n) is 3.33. The number of likely N-dealkylation sites (tertiary alicyclic amines) is 1. The zero-order valence-corrected chi connectivity index (χ0v) is 14.0. The van der Waals surface area contributed by atoms with Crippen LogP contribution in [0.4, 0.5) is 5.69 Å². The molecule has 7 nitrogen and oxygen atoms in total. The van der Waals surface area contributed by atoms with Crippen LogP contribution in [0.15, 0.2) is 18.2 Å². The van der Waals surface area contributed by atoms with Crippen LogP contribution in [0.5, 0.6) is 5.75 Å². The first-order chi connectivity index (χ1) is 12.0. The van der Waals surface area contributed by atoms with E-state index in [-0.39, 0.29) is 18.2 Å². The van der Waals surface area contributed by atoms with E-state index in [0.29, 0.717) is 44.6 Å². The lowest BCUT2D eigenvalue weighted by molar-refractivity contribution is -0.148. The zero-order valence-electron chi connectivity index (χ0n) is 14.0. The number of amides is 2. The van der Waals surface area contributed by atoms with Crippen molar-refractivity contribution in [1.29, 1.82) is 0 Å². The Hall–Kier alpha value is -2.57. The summed E-state index contributed by atoms with van der Waals surface area (Å²) >= 11 is 0. The molecule has 0 aromatic heterocycles. The molecule has 25 heavy (non-hydrogen) atoms. The van der Waals surface area contributed by atoms with Crippen molar-refractivity contribution in [3.05, 3.63) is 23.8 Å². The summed E-state index contributed by atoms with van der Waals surface area (Å²) in [6.07, 6.45) is 3.27. The first-order valence-electron chi connectivity index (χ1n) is 8.62. The van der Waals surface area contributed by atoms with Crippen molar-refractivity contribution in [2.24, 2.45) is 0 Å². The Morgan fingerprint density at radius 2 is 2.16 bits per heavy atom. The molecular formula is C18H22N2O5. The van der Waals surface area contributed by atoms with E-state index in [1.54, 1.807) is 6.07 Å². The number of nitrogens with one attached hydrogen (secondary N) is 1. The first kappa shape index (κ1) is 17.3. The number of aryl methyl sites for hydroxylation is 1. The lowest BCUT2D eigenvalue weighted by Gasteiger charge is -2.21. The van der Waals surface area contributed by atoms with Crippen molar-refractivity contribution in [2.75, 3.05) is 18.5 Å². The molecule has 2 N–H and O–H groups in total. The molecule has 1 aromatic rings. The summed E-state index contributed by atoms with van der Waals surface area (Å²) in [5.74, 6) is -0.307. The summed E-state index contributed by atoms with van der Waals surface area (Å²) in [6.45, 7) is 0.912. The number of aliphatic carboxylic acids is 1. The number of carbonyl (C=O) groups excluding carboxylic acids is 2. The molecule has 1 saturated heterocycles. The van der Waals surface area contributed by atoms with E-state index in [4.69, 9.17) is 9.84 Å². The first-order valence-corrected chi connectivity index (χ1v) is 8.62. The van der Waals surface area contributed by atoms with Crippen molar-refractivity contribution < 1.29 is 24.2 Å². The number of nitrogens with zero attached hydrogens (tertiary/aromatic N) is 1. The van der Waals surface area contributed by atoms with Crippen LogP contribution in [0.3, 0.4) is 0 Å².